The lowest BCUT2D eigenvalue weighted by atomic mass is 10.0. The van der Waals surface area contributed by atoms with Crippen LogP contribution < -0.4 is 5.73 Å². The van der Waals surface area contributed by atoms with Gasteiger partial charge in [0, 0.05) is 18.2 Å². The molecule has 100 valence electrons. The second-order valence-electron chi connectivity index (χ2n) is 4.54. The average molecular weight is 248 g/mol. The molecule has 3 heteroatoms. The Labute approximate surface area is 110 Å². The third kappa shape index (κ3) is 3.33. The SMILES string of the molecule is CCC(C)N(CC)C(=O)c1ccccc1CCN. The quantitative estimate of drug-likeness (QED) is 0.840. The smallest absolute Gasteiger partial charge is 0.254 e. The highest BCUT2D eigenvalue weighted by Gasteiger charge is 2.20. The molecule has 0 fully saturated rings. The molecule has 18 heavy (non-hydrogen) atoms. The highest BCUT2D eigenvalue weighted by atomic mass is 16.2. The molecule has 0 saturated carbocycles. The van der Waals surface area contributed by atoms with Crippen LogP contribution in [-0.4, -0.2) is 29.9 Å². The Bertz CT molecular complexity index is 390. The Balaban J connectivity index is 3.01. The Morgan fingerprint density at radius 1 is 1.33 bits per heavy atom. The van der Waals surface area contributed by atoms with Crippen LogP contribution in [0.25, 0.3) is 0 Å². The lowest BCUT2D eigenvalue weighted by molar-refractivity contribution is 0.0699. The van der Waals surface area contributed by atoms with Crippen LogP contribution in [0, 0.1) is 0 Å². The molecule has 1 atom stereocenters. The van der Waals surface area contributed by atoms with Crippen LogP contribution in [0.2, 0.25) is 0 Å². The van der Waals surface area contributed by atoms with E-state index in [-0.39, 0.29) is 11.9 Å². The molecule has 0 aliphatic heterocycles. The minimum absolute atomic E-state index is 0.121. The van der Waals surface area contributed by atoms with Gasteiger partial charge in [-0.05, 0) is 44.9 Å². The molecule has 1 amide bonds. The molecule has 0 aromatic heterocycles. The molecule has 3 nitrogen and oxygen atoms in total. The second kappa shape index (κ2) is 7.17. The number of amides is 1. The van der Waals surface area contributed by atoms with Gasteiger partial charge in [-0.25, -0.2) is 0 Å². The van der Waals surface area contributed by atoms with Gasteiger partial charge in [0.25, 0.3) is 5.91 Å². The van der Waals surface area contributed by atoms with E-state index in [9.17, 15) is 4.79 Å². The molecule has 1 aromatic rings. The van der Waals surface area contributed by atoms with Crippen molar-refractivity contribution in [3.63, 3.8) is 0 Å². The molecule has 0 aliphatic carbocycles. The molecular formula is C15H24N2O. The van der Waals surface area contributed by atoms with Crippen molar-refractivity contribution in [2.75, 3.05) is 13.1 Å². The lowest BCUT2D eigenvalue weighted by Gasteiger charge is -2.28. The zero-order valence-electron chi connectivity index (χ0n) is 11.6. The minimum Gasteiger partial charge on any atom is -0.336 e. The molecule has 0 spiro atoms. The average Bonchev–Trinajstić information content (AvgIpc) is 2.40. The number of nitrogens with two attached hydrogens (primary N) is 1. The summed E-state index contributed by atoms with van der Waals surface area (Å²) in [4.78, 5) is 14.5. The maximum atomic E-state index is 12.6. The molecule has 0 saturated heterocycles. The van der Waals surface area contributed by atoms with Gasteiger partial charge < -0.3 is 10.6 Å². The molecule has 2 N–H and O–H groups in total. The maximum Gasteiger partial charge on any atom is 0.254 e. The topological polar surface area (TPSA) is 46.3 Å². The number of hydrogen-bond acceptors (Lipinski definition) is 2. The summed E-state index contributed by atoms with van der Waals surface area (Å²) in [6.07, 6.45) is 1.72. The number of hydrogen-bond donors (Lipinski definition) is 1. The summed E-state index contributed by atoms with van der Waals surface area (Å²) in [6.45, 7) is 7.53. The second-order valence-corrected chi connectivity index (χ2v) is 4.54. The van der Waals surface area contributed by atoms with Crippen molar-refractivity contribution in [3.8, 4) is 0 Å². The lowest BCUT2D eigenvalue weighted by Crippen LogP contribution is -2.38. The van der Waals surface area contributed by atoms with Crippen LogP contribution in [-0.2, 0) is 6.42 Å². The summed E-state index contributed by atoms with van der Waals surface area (Å²) in [5, 5.41) is 0. The Hall–Kier alpha value is -1.35. The summed E-state index contributed by atoms with van der Waals surface area (Å²) in [5.41, 5.74) is 7.44. The van der Waals surface area contributed by atoms with E-state index >= 15 is 0 Å². The number of carbonyl (C=O) groups excluding carboxylic acids is 1. The summed E-state index contributed by atoms with van der Waals surface area (Å²) in [6, 6.07) is 8.04. The van der Waals surface area contributed by atoms with E-state index in [1.807, 2.05) is 36.1 Å². The van der Waals surface area contributed by atoms with E-state index in [2.05, 4.69) is 13.8 Å². The first-order valence-corrected chi connectivity index (χ1v) is 6.74. The largest absolute Gasteiger partial charge is 0.336 e. The molecule has 0 aliphatic rings. The fourth-order valence-corrected chi connectivity index (χ4v) is 2.13. The Kier molecular flexibility index (Phi) is 5.86. The van der Waals surface area contributed by atoms with Crippen LogP contribution in [0.15, 0.2) is 24.3 Å². The first-order chi connectivity index (χ1) is 8.65. The number of nitrogens with zero attached hydrogens (tertiary/aromatic N) is 1. The van der Waals surface area contributed by atoms with Crippen LogP contribution in [0.4, 0.5) is 0 Å². The van der Waals surface area contributed by atoms with Crippen molar-refractivity contribution < 1.29 is 4.79 Å². The third-order valence-corrected chi connectivity index (χ3v) is 3.39. The molecule has 1 unspecified atom stereocenters. The molecule has 0 radical (unpaired) electrons. The van der Waals surface area contributed by atoms with Gasteiger partial charge in [0.1, 0.15) is 0 Å². The van der Waals surface area contributed by atoms with Gasteiger partial charge in [-0.15, -0.1) is 0 Å². The predicted octanol–water partition coefficient (Wildman–Crippen LogP) is 2.45. The monoisotopic (exact) mass is 248 g/mol. The van der Waals surface area contributed by atoms with Crippen LogP contribution in [0.5, 0.6) is 0 Å². The normalized spacial score (nSPS) is 12.2. The number of rotatable bonds is 6. The minimum atomic E-state index is 0.121. The van der Waals surface area contributed by atoms with Gasteiger partial charge in [-0.2, -0.15) is 0 Å². The van der Waals surface area contributed by atoms with Gasteiger partial charge in [-0.1, -0.05) is 25.1 Å². The molecular weight excluding hydrogens is 224 g/mol. The van der Waals surface area contributed by atoms with E-state index in [1.165, 1.54) is 0 Å². The molecule has 0 bridgehead atoms. The highest BCUT2D eigenvalue weighted by molar-refractivity contribution is 5.95. The van der Waals surface area contributed by atoms with Crippen molar-refractivity contribution >= 4 is 5.91 Å². The van der Waals surface area contributed by atoms with Crippen molar-refractivity contribution in [3.05, 3.63) is 35.4 Å². The van der Waals surface area contributed by atoms with E-state index in [0.29, 0.717) is 6.54 Å². The Morgan fingerprint density at radius 2 is 2.00 bits per heavy atom. The zero-order chi connectivity index (χ0) is 13.5. The molecule has 1 rings (SSSR count). The maximum absolute atomic E-state index is 12.6. The van der Waals surface area contributed by atoms with Gasteiger partial charge in [0.05, 0.1) is 0 Å². The highest BCUT2D eigenvalue weighted by Crippen LogP contribution is 2.15. The molecule has 0 heterocycles. The van der Waals surface area contributed by atoms with E-state index in [1.54, 1.807) is 0 Å². The van der Waals surface area contributed by atoms with Crippen LogP contribution in [0.1, 0.15) is 43.1 Å². The van der Waals surface area contributed by atoms with Gasteiger partial charge in [0.15, 0.2) is 0 Å². The van der Waals surface area contributed by atoms with E-state index in [0.717, 1.165) is 30.5 Å². The standard InChI is InChI=1S/C15H24N2O/c1-4-12(3)17(5-2)15(18)14-9-7-6-8-13(14)10-11-16/h6-9,12H,4-5,10-11,16H2,1-3H3. The van der Waals surface area contributed by atoms with Crippen molar-refractivity contribution in [2.45, 2.75) is 39.7 Å². The Morgan fingerprint density at radius 3 is 2.56 bits per heavy atom. The van der Waals surface area contributed by atoms with Gasteiger partial charge >= 0.3 is 0 Å². The zero-order valence-corrected chi connectivity index (χ0v) is 11.6. The van der Waals surface area contributed by atoms with Gasteiger partial charge in [0.2, 0.25) is 0 Å². The fraction of sp³-hybridized carbons (Fsp3) is 0.533. The van der Waals surface area contributed by atoms with Crippen molar-refractivity contribution in [2.24, 2.45) is 5.73 Å². The van der Waals surface area contributed by atoms with Crippen molar-refractivity contribution in [1.82, 2.24) is 4.90 Å². The summed E-state index contributed by atoms with van der Waals surface area (Å²) >= 11 is 0. The third-order valence-electron chi connectivity index (χ3n) is 3.39. The number of benzene rings is 1. The van der Waals surface area contributed by atoms with E-state index < -0.39 is 0 Å². The molecule has 1 aromatic carbocycles. The van der Waals surface area contributed by atoms with Crippen LogP contribution >= 0.6 is 0 Å². The predicted molar refractivity (Wildman–Crippen MR) is 75.7 cm³/mol. The van der Waals surface area contributed by atoms with E-state index in [4.69, 9.17) is 5.73 Å². The van der Waals surface area contributed by atoms with Crippen LogP contribution in [0.3, 0.4) is 0 Å². The van der Waals surface area contributed by atoms with Crippen molar-refractivity contribution in [1.29, 1.82) is 0 Å². The first kappa shape index (κ1) is 14.7. The summed E-state index contributed by atoms with van der Waals surface area (Å²) in [7, 11) is 0. The first-order valence-electron chi connectivity index (χ1n) is 6.74. The fourth-order valence-electron chi connectivity index (χ4n) is 2.13. The number of carbonyl (C=O) groups is 1. The summed E-state index contributed by atoms with van der Waals surface area (Å²) < 4.78 is 0. The summed E-state index contributed by atoms with van der Waals surface area (Å²) in [5.74, 6) is 0.121. The van der Waals surface area contributed by atoms with Gasteiger partial charge in [-0.3, -0.25) is 4.79 Å².